The fourth-order valence-corrected chi connectivity index (χ4v) is 5.04. The standard InChI is InChI=1S/C18H36N4O2/c1-23-15-8-7-12(11-16(15)24-2)9-10-20-18-21-14-6-4-3-5-13(14)17(19)22-18/h12-18,20-22H,3-11,19H2,1-2H3/p+1. The third kappa shape index (κ3) is 4.48. The zero-order valence-electron chi connectivity index (χ0n) is 15.4. The van der Waals surface area contributed by atoms with Crippen molar-refractivity contribution in [1.29, 1.82) is 0 Å². The molecule has 24 heavy (non-hydrogen) atoms. The Morgan fingerprint density at radius 3 is 2.67 bits per heavy atom. The second kappa shape index (κ2) is 8.92. The number of hydrogen-bond acceptors (Lipinski definition) is 5. The molecule has 140 valence electrons. The number of quaternary nitrogens is 1. The van der Waals surface area contributed by atoms with Crippen LogP contribution in [0.25, 0.3) is 0 Å². The summed E-state index contributed by atoms with van der Waals surface area (Å²) in [4.78, 5) is 0. The fourth-order valence-electron chi connectivity index (χ4n) is 5.04. The molecule has 0 aromatic rings. The molecule has 1 aliphatic heterocycles. The van der Waals surface area contributed by atoms with Gasteiger partial charge in [0.25, 0.3) is 0 Å². The molecule has 7 atom stereocenters. The van der Waals surface area contributed by atoms with Crippen molar-refractivity contribution in [3.63, 3.8) is 0 Å². The fraction of sp³-hybridized carbons (Fsp3) is 1.00. The van der Waals surface area contributed by atoms with Crippen molar-refractivity contribution in [2.75, 3.05) is 20.8 Å². The molecule has 1 heterocycles. The normalized spacial score (nSPS) is 43.4. The molecule has 0 spiro atoms. The number of ether oxygens (including phenoxy) is 2. The Hall–Kier alpha value is -0.240. The van der Waals surface area contributed by atoms with E-state index < -0.39 is 0 Å². The van der Waals surface area contributed by atoms with Gasteiger partial charge in [0.15, 0.2) is 6.29 Å². The van der Waals surface area contributed by atoms with Gasteiger partial charge >= 0.3 is 0 Å². The summed E-state index contributed by atoms with van der Waals surface area (Å²) < 4.78 is 11.1. The van der Waals surface area contributed by atoms with Gasteiger partial charge < -0.3 is 20.5 Å². The van der Waals surface area contributed by atoms with Crippen LogP contribution in [-0.2, 0) is 9.47 Å². The van der Waals surface area contributed by atoms with E-state index in [4.69, 9.17) is 15.2 Å². The minimum Gasteiger partial charge on any atom is -0.379 e. The lowest BCUT2D eigenvalue weighted by Crippen LogP contribution is -3.06. The maximum absolute atomic E-state index is 6.36. The molecule has 6 nitrogen and oxygen atoms in total. The molecule has 3 aliphatic rings. The van der Waals surface area contributed by atoms with Gasteiger partial charge in [-0.05, 0) is 50.9 Å². The maximum atomic E-state index is 6.36. The van der Waals surface area contributed by atoms with Crippen molar-refractivity contribution in [3.05, 3.63) is 0 Å². The molecule has 3 fully saturated rings. The Labute approximate surface area is 146 Å². The number of rotatable bonds is 6. The van der Waals surface area contributed by atoms with Gasteiger partial charge in [0, 0.05) is 26.7 Å². The molecule has 2 saturated carbocycles. The van der Waals surface area contributed by atoms with E-state index >= 15 is 0 Å². The molecule has 6 heteroatoms. The lowest BCUT2D eigenvalue weighted by molar-refractivity contribution is -0.749. The topological polar surface area (TPSA) is 85.2 Å². The minimum absolute atomic E-state index is 0.146. The molecular formula is C18H37N4O2+. The average Bonchev–Trinajstić information content (AvgIpc) is 2.61. The predicted octanol–water partition coefficient (Wildman–Crippen LogP) is 0.0900. The first-order valence-electron chi connectivity index (χ1n) is 9.87. The van der Waals surface area contributed by atoms with Crippen molar-refractivity contribution >= 4 is 0 Å². The summed E-state index contributed by atoms with van der Waals surface area (Å²) in [6.45, 7) is 1.04. The van der Waals surface area contributed by atoms with Crippen molar-refractivity contribution in [3.8, 4) is 0 Å². The molecule has 3 rings (SSSR count). The first-order chi connectivity index (χ1) is 11.7. The molecule has 0 radical (unpaired) electrons. The molecule has 0 aromatic heterocycles. The first-order valence-corrected chi connectivity index (χ1v) is 9.87. The number of hydrogen-bond donors (Lipinski definition) is 4. The lowest BCUT2D eigenvalue weighted by atomic mass is 9.81. The van der Waals surface area contributed by atoms with Crippen LogP contribution in [0, 0.1) is 11.8 Å². The third-order valence-corrected chi connectivity index (χ3v) is 6.51. The third-order valence-electron chi connectivity index (χ3n) is 6.51. The largest absolute Gasteiger partial charge is 0.379 e. The highest BCUT2D eigenvalue weighted by atomic mass is 16.5. The molecular weight excluding hydrogens is 304 g/mol. The van der Waals surface area contributed by atoms with Gasteiger partial charge in [0.05, 0.1) is 24.4 Å². The van der Waals surface area contributed by atoms with Crippen LogP contribution in [0.3, 0.4) is 0 Å². The molecule has 1 saturated heterocycles. The minimum atomic E-state index is 0.146. The van der Waals surface area contributed by atoms with E-state index in [0.29, 0.717) is 12.0 Å². The summed E-state index contributed by atoms with van der Waals surface area (Å²) >= 11 is 0. The lowest BCUT2D eigenvalue weighted by Gasteiger charge is -2.42. The van der Waals surface area contributed by atoms with E-state index in [1.54, 1.807) is 14.2 Å². The molecule has 6 N–H and O–H groups in total. The monoisotopic (exact) mass is 341 g/mol. The second-order valence-corrected chi connectivity index (χ2v) is 7.94. The van der Waals surface area contributed by atoms with Crippen LogP contribution in [0.1, 0.15) is 51.4 Å². The van der Waals surface area contributed by atoms with Crippen LogP contribution in [0.5, 0.6) is 0 Å². The van der Waals surface area contributed by atoms with E-state index in [2.05, 4.69) is 16.0 Å². The SMILES string of the molecule is COC1CCC(CCNC2NC(N)C3CCCCC3[NH2+]2)CC1OC. The maximum Gasteiger partial charge on any atom is 0.198 e. The second-order valence-electron chi connectivity index (χ2n) is 7.94. The van der Waals surface area contributed by atoms with Gasteiger partial charge in [-0.1, -0.05) is 6.42 Å². The molecule has 0 aromatic carbocycles. The van der Waals surface area contributed by atoms with Crippen LogP contribution < -0.4 is 21.7 Å². The van der Waals surface area contributed by atoms with E-state index in [9.17, 15) is 0 Å². The Balaban J connectivity index is 1.39. The number of nitrogens with two attached hydrogens (primary N) is 2. The Bertz CT molecular complexity index is 384. The molecule has 0 amide bonds. The zero-order chi connectivity index (χ0) is 16.9. The first kappa shape index (κ1) is 18.5. The average molecular weight is 342 g/mol. The van der Waals surface area contributed by atoms with Crippen LogP contribution in [-0.4, -0.2) is 51.5 Å². The quantitative estimate of drug-likeness (QED) is 0.550. The van der Waals surface area contributed by atoms with Crippen LogP contribution in [0.2, 0.25) is 0 Å². The van der Waals surface area contributed by atoms with Crippen molar-refractivity contribution < 1.29 is 14.8 Å². The Morgan fingerprint density at radius 1 is 1.08 bits per heavy atom. The molecule has 7 unspecified atom stereocenters. The van der Waals surface area contributed by atoms with Crippen LogP contribution in [0.4, 0.5) is 0 Å². The molecule has 0 bridgehead atoms. The summed E-state index contributed by atoms with van der Waals surface area (Å²) in [5.74, 6) is 1.37. The van der Waals surface area contributed by atoms with Crippen molar-refractivity contribution in [2.24, 2.45) is 17.6 Å². The molecule has 2 aliphatic carbocycles. The number of methoxy groups -OCH3 is 2. The van der Waals surface area contributed by atoms with Gasteiger partial charge in [-0.2, -0.15) is 0 Å². The van der Waals surface area contributed by atoms with E-state index in [-0.39, 0.29) is 24.7 Å². The van der Waals surface area contributed by atoms with Crippen LogP contribution >= 0.6 is 0 Å². The van der Waals surface area contributed by atoms with Gasteiger partial charge in [0.2, 0.25) is 0 Å². The highest BCUT2D eigenvalue weighted by molar-refractivity contribution is 4.85. The smallest absolute Gasteiger partial charge is 0.198 e. The van der Waals surface area contributed by atoms with Gasteiger partial charge in [0.1, 0.15) is 0 Å². The van der Waals surface area contributed by atoms with Crippen molar-refractivity contribution in [1.82, 2.24) is 10.6 Å². The highest BCUT2D eigenvalue weighted by Crippen LogP contribution is 2.30. The summed E-state index contributed by atoms with van der Waals surface area (Å²) in [7, 11) is 3.60. The summed E-state index contributed by atoms with van der Waals surface area (Å²) in [5.41, 5.74) is 6.36. The predicted molar refractivity (Wildman–Crippen MR) is 94.1 cm³/mol. The van der Waals surface area contributed by atoms with E-state index in [1.807, 2.05) is 0 Å². The highest BCUT2D eigenvalue weighted by Gasteiger charge is 2.39. The van der Waals surface area contributed by atoms with Crippen LogP contribution in [0.15, 0.2) is 0 Å². The summed E-state index contributed by atoms with van der Waals surface area (Å²) in [6.07, 6.45) is 10.9. The van der Waals surface area contributed by atoms with E-state index in [1.165, 1.54) is 38.5 Å². The Morgan fingerprint density at radius 2 is 1.88 bits per heavy atom. The summed E-state index contributed by atoms with van der Waals surface area (Å²) in [6, 6.07) is 0.697. The van der Waals surface area contributed by atoms with E-state index in [0.717, 1.165) is 25.3 Å². The van der Waals surface area contributed by atoms with Crippen molar-refractivity contribution in [2.45, 2.75) is 82.1 Å². The number of nitrogens with one attached hydrogen (secondary N) is 2. The van der Waals surface area contributed by atoms with Gasteiger partial charge in [-0.25, -0.2) is 5.32 Å². The number of fused-ring (bicyclic) bond motifs is 1. The van der Waals surface area contributed by atoms with Gasteiger partial charge in [-0.3, -0.25) is 5.32 Å². The summed E-state index contributed by atoms with van der Waals surface area (Å²) in [5, 5.41) is 9.71. The van der Waals surface area contributed by atoms with Gasteiger partial charge in [-0.15, -0.1) is 0 Å². The Kier molecular flexibility index (Phi) is 6.89. The zero-order valence-corrected chi connectivity index (χ0v) is 15.4.